The van der Waals surface area contributed by atoms with Gasteiger partial charge in [-0.05, 0) is 71.5 Å². The summed E-state index contributed by atoms with van der Waals surface area (Å²) in [5.41, 5.74) is 1.27. The Labute approximate surface area is 149 Å². The molecule has 2 aliphatic rings. The number of carbonyl (C=O) groups excluding carboxylic acids is 1. The van der Waals surface area contributed by atoms with Crippen molar-refractivity contribution in [2.75, 3.05) is 33.2 Å². The van der Waals surface area contributed by atoms with Crippen LogP contribution in [0.2, 0.25) is 0 Å². The molecule has 0 unspecified atom stereocenters. The molecule has 0 atom stereocenters. The van der Waals surface area contributed by atoms with Crippen LogP contribution >= 0.6 is 0 Å². The van der Waals surface area contributed by atoms with Crippen LogP contribution in [0.15, 0.2) is 11.6 Å². The van der Waals surface area contributed by atoms with E-state index in [-0.39, 0.29) is 5.41 Å². The predicted molar refractivity (Wildman–Crippen MR) is 102 cm³/mol. The van der Waals surface area contributed by atoms with Crippen molar-refractivity contribution >= 4 is 5.91 Å². The molecule has 1 saturated heterocycles. The van der Waals surface area contributed by atoms with Crippen LogP contribution in [0, 0.1) is 5.41 Å². The lowest BCUT2D eigenvalue weighted by Crippen LogP contribution is -2.50. The Hall–Kier alpha value is -0.830. The summed E-state index contributed by atoms with van der Waals surface area (Å²) >= 11 is 0. The second-order valence-corrected chi connectivity index (χ2v) is 7.78. The molecule has 1 aliphatic carbocycles. The summed E-state index contributed by atoms with van der Waals surface area (Å²) in [5.74, 6) is 0.379. The highest BCUT2D eigenvalue weighted by molar-refractivity contribution is 5.86. The van der Waals surface area contributed by atoms with Crippen molar-refractivity contribution in [1.82, 2.24) is 9.80 Å². The summed E-state index contributed by atoms with van der Waals surface area (Å²) in [7, 11) is 1.98. The van der Waals surface area contributed by atoms with Crippen LogP contribution in [0.3, 0.4) is 0 Å². The van der Waals surface area contributed by atoms with Gasteiger partial charge in [-0.1, -0.05) is 37.8 Å². The SMILES string of the molecule is CCCCCCN1CCC(C(=O)N(C)CC)(C2=CCCCC2)CC1. The van der Waals surface area contributed by atoms with Gasteiger partial charge in [-0.25, -0.2) is 0 Å². The molecule has 0 radical (unpaired) electrons. The van der Waals surface area contributed by atoms with Crippen LogP contribution in [0.5, 0.6) is 0 Å². The van der Waals surface area contributed by atoms with Crippen LogP contribution in [0.25, 0.3) is 0 Å². The van der Waals surface area contributed by atoms with Crippen molar-refractivity contribution in [3.63, 3.8) is 0 Å². The number of allylic oxidation sites excluding steroid dienone is 1. The Morgan fingerprint density at radius 3 is 2.50 bits per heavy atom. The van der Waals surface area contributed by atoms with Gasteiger partial charge in [-0.15, -0.1) is 0 Å². The molecule has 138 valence electrons. The minimum Gasteiger partial charge on any atom is -0.345 e. The number of nitrogens with zero attached hydrogens (tertiary/aromatic N) is 2. The maximum absolute atomic E-state index is 13.2. The topological polar surface area (TPSA) is 23.6 Å². The molecule has 3 heteroatoms. The molecular formula is C21H38N2O. The van der Waals surface area contributed by atoms with E-state index in [1.165, 1.54) is 57.1 Å². The van der Waals surface area contributed by atoms with E-state index in [0.717, 1.165) is 38.9 Å². The largest absolute Gasteiger partial charge is 0.345 e. The minimum absolute atomic E-state index is 0.189. The first-order chi connectivity index (χ1) is 11.6. The van der Waals surface area contributed by atoms with Gasteiger partial charge in [0.1, 0.15) is 0 Å². The first kappa shape index (κ1) is 19.5. The molecule has 1 amide bonds. The Balaban J connectivity index is 2.01. The molecule has 0 aromatic carbocycles. The standard InChI is InChI=1S/C21H38N2O/c1-4-6-7-11-16-23-17-14-21(15-18-23,20(24)22(3)5-2)19-12-9-8-10-13-19/h12H,4-11,13-18H2,1-3H3. The Morgan fingerprint density at radius 2 is 1.92 bits per heavy atom. The van der Waals surface area contributed by atoms with Gasteiger partial charge in [-0.3, -0.25) is 4.79 Å². The van der Waals surface area contributed by atoms with Crippen molar-refractivity contribution in [2.45, 2.75) is 78.1 Å². The molecule has 2 rings (SSSR count). The lowest BCUT2D eigenvalue weighted by Gasteiger charge is -2.44. The quantitative estimate of drug-likeness (QED) is 0.477. The van der Waals surface area contributed by atoms with Gasteiger partial charge in [0.2, 0.25) is 5.91 Å². The lowest BCUT2D eigenvalue weighted by molar-refractivity contribution is -0.141. The van der Waals surface area contributed by atoms with Crippen LogP contribution in [0.4, 0.5) is 0 Å². The summed E-state index contributed by atoms with van der Waals surface area (Å²) in [4.78, 5) is 17.8. The van der Waals surface area contributed by atoms with Crippen molar-refractivity contribution in [1.29, 1.82) is 0 Å². The van der Waals surface area contributed by atoms with Gasteiger partial charge in [0, 0.05) is 13.6 Å². The van der Waals surface area contributed by atoms with Gasteiger partial charge in [0.25, 0.3) is 0 Å². The van der Waals surface area contributed by atoms with Crippen molar-refractivity contribution in [2.24, 2.45) is 5.41 Å². The Bertz CT molecular complexity index is 422. The van der Waals surface area contributed by atoms with E-state index in [2.05, 4.69) is 24.8 Å². The number of hydrogen-bond acceptors (Lipinski definition) is 2. The number of hydrogen-bond donors (Lipinski definition) is 0. The summed E-state index contributed by atoms with van der Waals surface area (Å²) in [6.45, 7) is 8.56. The molecule has 24 heavy (non-hydrogen) atoms. The van der Waals surface area contributed by atoms with E-state index in [4.69, 9.17) is 0 Å². The maximum atomic E-state index is 13.2. The highest BCUT2D eigenvalue weighted by atomic mass is 16.2. The molecule has 0 bridgehead atoms. The minimum atomic E-state index is -0.189. The van der Waals surface area contributed by atoms with Gasteiger partial charge in [0.05, 0.1) is 5.41 Å². The normalized spacial score (nSPS) is 21.4. The molecule has 0 aromatic rings. The Morgan fingerprint density at radius 1 is 1.17 bits per heavy atom. The number of unbranched alkanes of at least 4 members (excludes halogenated alkanes) is 3. The van der Waals surface area contributed by atoms with E-state index in [1.54, 1.807) is 0 Å². The monoisotopic (exact) mass is 334 g/mol. The highest BCUT2D eigenvalue weighted by Crippen LogP contribution is 2.44. The van der Waals surface area contributed by atoms with E-state index in [0.29, 0.717) is 5.91 Å². The zero-order valence-electron chi connectivity index (χ0n) is 16.3. The molecule has 1 aliphatic heterocycles. The molecular weight excluding hydrogens is 296 g/mol. The molecule has 3 nitrogen and oxygen atoms in total. The molecule has 0 aromatic heterocycles. The third-order valence-corrected chi connectivity index (χ3v) is 6.17. The molecule has 0 saturated carbocycles. The summed E-state index contributed by atoms with van der Waals surface area (Å²) in [5, 5.41) is 0. The van der Waals surface area contributed by atoms with Gasteiger partial charge in [0.15, 0.2) is 0 Å². The highest BCUT2D eigenvalue weighted by Gasteiger charge is 2.45. The fourth-order valence-electron chi connectivity index (χ4n) is 4.37. The van der Waals surface area contributed by atoms with Crippen molar-refractivity contribution in [3.8, 4) is 0 Å². The number of carbonyl (C=O) groups is 1. The third-order valence-electron chi connectivity index (χ3n) is 6.17. The second-order valence-electron chi connectivity index (χ2n) is 7.78. The van der Waals surface area contributed by atoms with Crippen LogP contribution < -0.4 is 0 Å². The van der Waals surface area contributed by atoms with Gasteiger partial charge >= 0.3 is 0 Å². The van der Waals surface area contributed by atoms with E-state index in [1.807, 2.05) is 11.9 Å². The number of piperidine rings is 1. The average molecular weight is 335 g/mol. The van der Waals surface area contributed by atoms with Crippen LogP contribution in [-0.2, 0) is 4.79 Å². The van der Waals surface area contributed by atoms with Gasteiger partial charge in [-0.2, -0.15) is 0 Å². The number of rotatable bonds is 8. The molecule has 1 fully saturated rings. The second kappa shape index (κ2) is 9.60. The predicted octanol–water partition coefficient (Wildman–Crippen LogP) is 4.63. The fraction of sp³-hybridized carbons (Fsp3) is 0.857. The summed E-state index contributed by atoms with van der Waals surface area (Å²) in [6, 6.07) is 0. The summed E-state index contributed by atoms with van der Waals surface area (Å²) < 4.78 is 0. The average Bonchev–Trinajstić information content (AvgIpc) is 2.65. The maximum Gasteiger partial charge on any atom is 0.232 e. The lowest BCUT2D eigenvalue weighted by atomic mass is 9.68. The smallest absolute Gasteiger partial charge is 0.232 e. The number of amides is 1. The third kappa shape index (κ3) is 4.62. The number of likely N-dealkylation sites (tertiary alicyclic amines) is 1. The van der Waals surface area contributed by atoms with E-state index in [9.17, 15) is 4.79 Å². The van der Waals surface area contributed by atoms with E-state index >= 15 is 0 Å². The fourth-order valence-corrected chi connectivity index (χ4v) is 4.37. The Kier molecular flexibility index (Phi) is 7.80. The molecule has 0 spiro atoms. The molecule has 0 N–H and O–H groups in total. The van der Waals surface area contributed by atoms with Crippen LogP contribution in [0.1, 0.15) is 78.1 Å². The molecule has 1 heterocycles. The zero-order valence-corrected chi connectivity index (χ0v) is 16.3. The first-order valence-corrected chi connectivity index (χ1v) is 10.3. The van der Waals surface area contributed by atoms with Gasteiger partial charge < -0.3 is 9.80 Å². The van der Waals surface area contributed by atoms with Crippen LogP contribution in [-0.4, -0.2) is 48.9 Å². The first-order valence-electron chi connectivity index (χ1n) is 10.3. The summed E-state index contributed by atoms with van der Waals surface area (Å²) in [6.07, 6.45) is 14.6. The van der Waals surface area contributed by atoms with E-state index < -0.39 is 0 Å². The zero-order chi connectivity index (χ0) is 17.4. The van der Waals surface area contributed by atoms with Crippen molar-refractivity contribution in [3.05, 3.63) is 11.6 Å². The van der Waals surface area contributed by atoms with Crippen molar-refractivity contribution < 1.29 is 4.79 Å².